The van der Waals surface area contributed by atoms with Crippen LogP contribution < -0.4 is 5.32 Å². The molecule has 1 saturated carbocycles. The van der Waals surface area contributed by atoms with E-state index in [0.29, 0.717) is 19.3 Å². The van der Waals surface area contributed by atoms with Gasteiger partial charge in [-0.3, -0.25) is 9.59 Å². The van der Waals surface area contributed by atoms with Crippen LogP contribution in [0.4, 0.5) is 4.39 Å². The van der Waals surface area contributed by atoms with Crippen LogP contribution in [0, 0.1) is 11.2 Å². The molecule has 1 aliphatic rings. The van der Waals surface area contributed by atoms with Gasteiger partial charge in [0.1, 0.15) is 11.9 Å². The zero-order valence-corrected chi connectivity index (χ0v) is 11.4. The summed E-state index contributed by atoms with van der Waals surface area (Å²) in [7, 11) is 0. The minimum atomic E-state index is -1.06. The van der Waals surface area contributed by atoms with Crippen molar-refractivity contribution in [3.05, 3.63) is 35.6 Å². The highest BCUT2D eigenvalue weighted by Gasteiger charge is 2.44. The molecule has 2 N–H and O–H groups in total. The third kappa shape index (κ3) is 2.98. The van der Waals surface area contributed by atoms with Gasteiger partial charge in [-0.05, 0) is 43.9 Å². The molecule has 1 aromatic rings. The van der Waals surface area contributed by atoms with Crippen LogP contribution in [0.1, 0.15) is 31.7 Å². The first kappa shape index (κ1) is 14.5. The lowest BCUT2D eigenvalue weighted by Gasteiger charge is -2.40. The summed E-state index contributed by atoms with van der Waals surface area (Å²) in [5.41, 5.74) is 0.181. The fourth-order valence-electron chi connectivity index (χ4n) is 2.54. The maximum atomic E-state index is 13.2. The second kappa shape index (κ2) is 5.61. The molecule has 1 fully saturated rings. The van der Waals surface area contributed by atoms with Gasteiger partial charge in [-0.25, -0.2) is 4.39 Å². The van der Waals surface area contributed by atoms with E-state index in [-0.39, 0.29) is 11.7 Å². The zero-order chi connectivity index (χ0) is 14.8. The second-order valence-electron chi connectivity index (χ2n) is 5.47. The molecular weight excluding hydrogens is 261 g/mol. The Balaban J connectivity index is 2.09. The normalized spacial score (nSPS) is 17.9. The lowest BCUT2D eigenvalue weighted by atomic mass is 9.64. The molecule has 1 aliphatic carbocycles. The van der Waals surface area contributed by atoms with E-state index >= 15 is 0 Å². The van der Waals surface area contributed by atoms with E-state index in [1.807, 2.05) is 0 Å². The Morgan fingerprint density at radius 3 is 2.65 bits per heavy atom. The molecule has 20 heavy (non-hydrogen) atoms. The van der Waals surface area contributed by atoms with Crippen LogP contribution in [0.25, 0.3) is 0 Å². The summed E-state index contributed by atoms with van der Waals surface area (Å²) >= 11 is 0. The molecule has 108 valence electrons. The van der Waals surface area contributed by atoms with Crippen molar-refractivity contribution in [2.24, 2.45) is 5.41 Å². The van der Waals surface area contributed by atoms with Gasteiger partial charge in [0.25, 0.3) is 0 Å². The molecule has 0 heterocycles. The topological polar surface area (TPSA) is 66.4 Å². The number of halogens is 1. The predicted molar refractivity (Wildman–Crippen MR) is 71.6 cm³/mol. The van der Waals surface area contributed by atoms with Crippen LogP contribution in [0.3, 0.4) is 0 Å². The van der Waals surface area contributed by atoms with Gasteiger partial charge in [-0.15, -0.1) is 0 Å². The number of rotatable bonds is 5. The first-order valence-corrected chi connectivity index (χ1v) is 6.71. The van der Waals surface area contributed by atoms with Crippen molar-refractivity contribution in [1.82, 2.24) is 5.32 Å². The molecule has 2 rings (SSSR count). The monoisotopic (exact) mass is 279 g/mol. The fourth-order valence-corrected chi connectivity index (χ4v) is 2.54. The fraction of sp³-hybridized carbons (Fsp3) is 0.467. The molecule has 0 aromatic heterocycles. The van der Waals surface area contributed by atoms with Gasteiger partial charge in [-0.2, -0.15) is 0 Å². The quantitative estimate of drug-likeness (QED) is 0.867. The lowest BCUT2D eigenvalue weighted by molar-refractivity contribution is -0.145. The second-order valence-corrected chi connectivity index (χ2v) is 5.47. The highest BCUT2D eigenvalue weighted by molar-refractivity contribution is 5.88. The maximum Gasteiger partial charge on any atom is 0.325 e. The summed E-state index contributed by atoms with van der Waals surface area (Å²) < 4.78 is 13.2. The van der Waals surface area contributed by atoms with Gasteiger partial charge in [0.15, 0.2) is 0 Å². The first-order valence-electron chi connectivity index (χ1n) is 6.71. The van der Waals surface area contributed by atoms with Crippen molar-refractivity contribution < 1.29 is 19.1 Å². The number of carboxylic acids is 1. The molecule has 1 atom stereocenters. The van der Waals surface area contributed by atoms with E-state index in [0.717, 1.165) is 12.0 Å². The van der Waals surface area contributed by atoms with E-state index in [4.69, 9.17) is 5.11 Å². The Labute approximate surface area is 117 Å². The van der Waals surface area contributed by atoms with Crippen molar-refractivity contribution in [2.75, 3.05) is 0 Å². The Morgan fingerprint density at radius 2 is 2.15 bits per heavy atom. The number of benzene rings is 1. The number of carboxylic acid groups (broad SMARTS) is 1. The van der Waals surface area contributed by atoms with Crippen molar-refractivity contribution in [2.45, 2.75) is 38.6 Å². The molecular formula is C15H18FNO3. The van der Waals surface area contributed by atoms with Crippen LogP contribution >= 0.6 is 0 Å². The van der Waals surface area contributed by atoms with Crippen molar-refractivity contribution in [3.8, 4) is 0 Å². The van der Waals surface area contributed by atoms with Crippen molar-refractivity contribution >= 4 is 11.9 Å². The smallest absolute Gasteiger partial charge is 0.325 e. The van der Waals surface area contributed by atoms with E-state index in [1.165, 1.54) is 19.1 Å². The highest BCUT2D eigenvalue weighted by atomic mass is 19.1. The number of hydrogen-bond donors (Lipinski definition) is 2. The minimum Gasteiger partial charge on any atom is -0.480 e. The standard InChI is InChI=1S/C15H18FNO3/c1-10(13(18)19)17-14(20)15(6-3-7-15)9-11-4-2-5-12(16)8-11/h2,4-5,8,10H,3,6-7,9H2,1H3,(H,17,20)(H,18,19)/t10-/m1/s1. The van der Waals surface area contributed by atoms with Crippen LogP contribution in [-0.2, 0) is 16.0 Å². The summed E-state index contributed by atoms with van der Waals surface area (Å²) in [5.74, 6) is -1.63. The molecule has 0 saturated heterocycles. The summed E-state index contributed by atoms with van der Waals surface area (Å²) in [6.07, 6.45) is 2.80. The molecule has 1 aromatic carbocycles. The molecule has 1 amide bonds. The van der Waals surface area contributed by atoms with Gasteiger partial charge < -0.3 is 10.4 Å². The van der Waals surface area contributed by atoms with E-state index in [1.54, 1.807) is 12.1 Å². The average molecular weight is 279 g/mol. The molecule has 0 bridgehead atoms. The average Bonchev–Trinajstić information content (AvgIpc) is 2.33. The molecule has 5 heteroatoms. The number of carbonyl (C=O) groups excluding carboxylic acids is 1. The summed E-state index contributed by atoms with van der Waals surface area (Å²) in [6, 6.07) is 5.29. The van der Waals surface area contributed by atoms with E-state index < -0.39 is 17.4 Å². The first-order chi connectivity index (χ1) is 9.43. The van der Waals surface area contributed by atoms with Gasteiger partial charge in [-0.1, -0.05) is 18.6 Å². The Hall–Kier alpha value is -1.91. The SMILES string of the molecule is C[C@@H](NC(=O)C1(Cc2cccc(F)c2)CCC1)C(=O)O. The van der Waals surface area contributed by atoms with Crippen molar-refractivity contribution in [1.29, 1.82) is 0 Å². The third-order valence-electron chi connectivity index (χ3n) is 3.94. The Kier molecular flexibility index (Phi) is 4.06. The number of amides is 1. The van der Waals surface area contributed by atoms with Crippen molar-refractivity contribution in [3.63, 3.8) is 0 Å². The van der Waals surface area contributed by atoms with Gasteiger partial charge in [0.2, 0.25) is 5.91 Å². The lowest BCUT2D eigenvalue weighted by Crippen LogP contribution is -2.51. The van der Waals surface area contributed by atoms with Gasteiger partial charge >= 0.3 is 5.97 Å². The number of hydrogen-bond acceptors (Lipinski definition) is 2. The van der Waals surface area contributed by atoms with Crippen LogP contribution in [0.5, 0.6) is 0 Å². The summed E-state index contributed by atoms with van der Waals surface area (Å²) in [6.45, 7) is 1.44. The maximum absolute atomic E-state index is 13.2. The highest BCUT2D eigenvalue weighted by Crippen LogP contribution is 2.44. The largest absolute Gasteiger partial charge is 0.480 e. The molecule has 0 radical (unpaired) electrons. The molecule has 0 aliphatic heterocycles. The van der Waals surface area contributed by atoms with Crippen LogP contribution in [0.15, 0.2) is 24.3 Å². The number of nitrogens with one attached hydrogen (secondary N) is 1. The summed E-state index contributed by atoms with van der Waals surface area (Å²) in [4.78, 5) is 23.1. The molecule has 0 unspecified atom stereocenters. The molecule has 4 nitrogen and oxygen atoms in total. The van der Waals surface area contributed by atoms with E-state index in [9.17, 15) is 14.0 Å². The number of carbonyl (C=O) groups is 2. The Bertz CT molecular complexity index is 526. The van der Waals surface area contributed by atoms with Gasteiger partial charge in [0, 0.05) is 0 Å². The third-order valence-corrected chi connectivity index (χ3v) is 3.94. The van der Waals surface area contributed by atoms with Crippen LogP contribution in [-0.4, -0.2) is 23.0 Å². The van der Waals surface area contributed by atoms with E-state index in [2.05, 4.69) is 5.32 Å². The minimum absolute atomic E-state index is 0.247. The number of aliphatic carboxylic acids is 1. The summed E-state index contributed by atoms with van der Waals surface area (Å²) in [5, 5.41) is 11.4. The zero-order valence-electron chi connectivity index (χ0n) is 11.4. The predicted octanol–water partition coefficient (Wildman–Crippen LogP) is 2.13. The van der Waals surface area contributed by atoms with Crippen LogP contribution in [0.2, 0.25) is 0 Å². The van der Waals surface area contributed by atoms with Gasteiger partial charge in [0.05, 0.1) is 5.41 Å². The Morgan fingerprint density at radius 1 is 1.45 bits per heavy atom. The molecule has 0 spiro atoms.